The standard InChI is InChI=1S/C18H21ClN2O2/c1-12-10-13(2)17(14(3)11-12)21-18(22)20-8-9-23-16-7-5-4-6-15(16)19/h4-7,10-11H,8-9H2,1-3H3,(H2,20,21,22). The number of benzene rings is 2. The minimum atomic E-state index is -0.247. The summed E-state index contributed by atoms with van der Waals surface area (Å²) in [5, 5.41) is 6.21. The van der Waals surface area contributed by atoms with Crippen LogP contribution in [0.2, 0.25) is 5.02 Å². The van der Waals surface area contributed by atoms with Crippen molar-refractivity contribution in [2.75, 3.05) is 18.5 Å². The quantitative estimate of drug-likeness (QED) is 0.794. The summed E-state index contributed by atoms with van der Waals surface area (Å²) in [4.78, 5) is 12.0. The van der Waals surface area contributed by atoms with Gasteiger partial charge in [-0.2, -0.15) is 0 Å². The Labute approximate surface area is 141 Å². The second-order valence-corrected chi connectivity index (χ2v) is 5.84. The first-order valence-corrected chi connectivity index (χ1v) is 7.85. The molecular weight excluding hydrogens is 312 g/mol. The van der Waals surface area contributed by atoms with Crippen molar-refractivity contribution in [1.82, 2.24) is 5.32 Å². The number of urea groups is 1. The van der Waals surface area contributed by atoms with Gasteiger partial charge < -0.3 is 15.4 Å². The molecule has 2 N–H and O–H groups in total. The maximum absolute atomic E-state index is 12.0. The van der Waals surface area contributed by atoms with Crippen LogP contribution in [0.3, 0.4) is 0 Å². The Bertz CT molecular complexity index is 678. The van der Waals surface area contributed by atoms with Crippen LogP contribution >= 0.6 is 11.6 Å². The molecule has 2 aromatic rings. The van der Waals surface area contributed by atoms with Crippen LogP contribution in [0.5, 0.6) is 5.75 Å². The predicted molar refractivity (Wildman–Crippen MR) is 94.6 cm³/mol. The van der Waals surface area contributed by atoms with Crippen molar-refractivity contribution in [3.05, 3.63) is 58.1 Å². The van der Waals surface area contributed by atoms with Crippen molar-refractivity contribution in [2.24, 2.45) is 0 Å². The number of nitrogens with one attached hydrogen (secondary N) is 2. The van der Waals surface area contributed by atoms with E-state index < -0.39 is 0 Å². The van der Waals surface area contributed by atoms with E-state index in [0.717, 1.165) is 16.8 Å². The lowest BCUT2D eigenvalue weighted by Crippen LogP contribution is -2.32. The second kappa shape index (κ2) is 7.88. The van der Waals surface area contributed by atoms with Gasteiger partial charge in [0.05, 0.1) is 11.6 Å². The van der Waals surface area contributed by atoms with E-state index in [9.17, 15) is 4.79 Å². The number of anilines is 1. The van der Waals surface area contributed by atoms with Crippen LogP contribution in [-0.2, 0) is 0 Å². The number of ether oxygens (including phenoxy) is 1. The summed E-state index contributed by atoms with van der Waals surface area (Å²) >= 11 is 6.00. The van der Waals surface area contributed by atoms with Crippen molar-refractivity contribution in [2.45, 2.75) is 20.8 Å². The van der Waals surface area contributed by atoms with Gasteiger partial charge in [-0.25, -0.2) is 4.79 Å². The molecule has 0 unspecified atom stereocenters. The van der Waals surface area contributed by atoms with Crippen molar-refractivity contribution >= 4 is 23.3 Å². The lowest BCUT2D eigenvalue weighted by atomic mass is 10.1. The topological polar surface area (TPSA) is 50.4 Å². The molecule has 0 heterocycles. The SMILES string of the molecule is Cc1cc(C)c(NC(=O)NCCOc2ccccc2Cl)c(C)c1. The van der Waals surface area contributed by atoms with Crippen molar-refractivity contribution in [3.8, 4) is 5.75 Å². The van der Waals surface area contributed by atoms with Gasteiger partial charge in [0, 0.05) is 5.69 Å². The van der Waals surface area contributed by atoms with Crippen LogP contribution in [-0.4, -0.2) is 19.2 Å². The van der Waals surface area contributed by atoms with Crippen molar-refractivity contribution in [3.63, 3.8) is 0 Å². The predicted octanol–water partition coefficient (Wildman–Crippen LogP) is 4.47. The number of aryl methyl sites for hydroxylation is 3. The van der Waals surface area contributed by atoms with Crippen LogP contribution in [0, 0.1) is 20.8 Å². The Kier molecular flexibility index (Phi) is 5.88. The van der Waals surface area contributed by atoms with Gasteiger partial charge in [0.1, 0.15) is 12.4 Å². The normalized spacial score (nSPS) is 10.3. The summed E-state index contributed by atoms with van der Waals surface area (Å²) in [5.41, 5.74) is 4.12. The zero-order valence-electron chi connectivity index (χ0n) is 13.6. The highest BCUT2D eigenvalue weighted by molar-refractivity contribution is 6.32. The number of carbonyl (C=O) groups is 1. The molecular formula is C18H21ClN2O2. The van der Waals surface area contributed by atoms with Crippen LogP contribution in [0.15, 0.2) is 36.4 Å². The monoisotopic (exact) mass is 332 g/mol. The molecule has 0 spiro atoms. The maximum Gasteiger partial charge on any atom is 0.319 e. The van der Waals surface area contributed by atoms with Crippen LogP contribution in [0.4, 0.5) is 10.5 Å². The second-order valence-electron chi connectivity index (χ2n) is 5.43. The molecule has 0 aromatic heterocycles. The lowest BCUT2D eigenvalue weighted by Gasteiger charge is -2.14. The largest absolute Gasteiger partial charge is 0.490 e. The van der Waals surface area contributed by atoms with Crippen molar-refractivity contribution < 1.29 is 9.53 Å². The van der Waals surface area contributed by atoms with Gasteiger partial charge >= 0.3 is 6.03 Å². The number of carbonyl (C=O) groups excluding carboxylic acids is 1. The van der Waals surface area contributed by atoms with E-state index in [4.69, 9.17) is 16.3 Å². The molecule has 5 heteroatoms. The summed E-state index contributed by atoms with van der Waals surface area (Å²) in [6.45, 7) is 6.74. The van der Waals surface area contributed by atoms with E-state index in [0.29, 0.717) is 23.9 Å². The number of rotatable bonds is 5. The summed E-state index contributed by atoms with van der Waals surface area (Å²) in [7, 11) is 0. The first-order chi connectivity index (χ1) is 11.0. The molecule has 0 aliphatic carbocycles. The average molecular weight is 333 g/mol. The summed E-state index contributed by atoms with van der Waals surface area (Å²) in [5.74, 6) is 0.613. The first kappa shape index (κ1) is 17.2. The van der Waals surface area contributed by atoms with Gasteiger partial charge in [0.25, 0.3) is 0 Å². The fourth-order valence-corrected chi connectivity index (χ4v) is 2.61. The van der Waals surface area contributed by atoms with E-state index in [1.54, 1.807) is 12.1 Å². The molecule has 2 amide bonds. The fourth-order valence-electron chi connectivity index (χ4n) is 2.42. The lowest BCUT2D eigenvalue weighted by molar-refractivity contribution is 0.247. The molecule has 0 bridgehead atoms. The van der Waals surface area contributed by atoms with E-state index >= 15 is 0 Å². The van der Waals surface area contributed by atoms with E-state index in [-0.39, 0.29) is 6.03 Å². The Balaban J connectivity index is 1.81. The van der Waals surface area contributed by atoms with Crippen molar-refractivity contribution in [1.29, 1.82) is 0 Å². The van der Waals surface area contributed by atoms with Gasteiger partial charge in [-0.1, -0.05) is 41.4 Å². The Morgan fingerprint density at radius 2 is 1.78 bits per heavy atom. The molecule has 4 nitrogen and oxygen atoms in total. The number of hydrogen-bond acceptors (Lipinski definition) is 2. The summed E-state index contributed by atoms with van der Waals surface area (Å²) in [6.07, 6.45) is 0. The third kappa shape index (κ3) is 4.89. The van der Waals surface area contributed by atoms with Crippen LogP contribution in [0.1, 0.15) is 16.7 Å². The zero-order valence-corrected chi connectivity index (χ0v) is 14.3. The minimum absolute atomic E-state index is 0.247. The highest BCUT2D eigenvalue weighted by atomic mass is 35.5. The van der Waals surface area contributed by atoms with Crippen LogP contribution in [0.25, 0.3) is 0 Å². The Hall–Kier alpha value is -2.20. The molecule has 0 atom stereocenters. The van der Waals surface area contributed by atoms with Gasteiger partial charge in [-0.15, -0.1) is 0 Å². The molecule has 0 aliphatic rings. The Morgan fingerprint density at radius 1 is 1.13 bits per heavy atom. The third-order valence-corrected chi connectivity index (χ3v) is 3.71. The molecule has 0 fully saturated rings. The Morgan fingerprint density at radius 3 is 2.43 bits per heavy atom. The third-order valence-electron chi connectivity index (χ3n) is 3.40. The maximum atomic E-state index is 12.0. The van der Waals surface area contributed by atoms with E-state index in [1.165, 1.54) is 5.56 Å². The summed E-state index contributed by atoms with van der Waals surface area (Å²) < 4.78 is 5.53. The number of amides is 2. The van der Waals surface area contributed by atoms with Gasteiger partial charge in [-0.3, -0.25) is 0 Å². The highest BCUT2D eigenvalue weighted by Crippen LogP contribution is 2.23. The van der Waals surface area contributed by atoms with Gasteiger partial charge in [-0.05, 0) is 44.0 Å². The highest BCUT2D eigenvalue weighted by Gasteiger charge is 2.08. The fraction of sp³-hybridized carbons (Fsp3) is 0.278. The molecule has 122 valence electrons. The van der Waals surface area contributed by atoms with Crippen LogP contribution < -0.4 is 15.4 Å². The van der Waals surface area contributed by atoms with E-state index in [2.05, 4.69) is 10.6 Å². The molecule has 0 saturated heterocycles. The summed E-state index contributed by atoms with van der Waals surface area (Å²) in [6, 6.07) is 11.1. The molecule has 0 saturated carbocycles. The zero-order chi connectivity index (χ0) is 16.8. The number of halogens is 1. The smallest absolute Gasteiger partial charge is 0.319 e. The van der Waals surface area contributed by atoms with Gasteiger partial charge in [0.15, 0.2) is 0 Å². The minimum Gasteiger partial charge on any atom is -0.490 e. The van der Waals surface area contributed by atoms with E-state index in [1.807, 2.05) is 45.0 Å². The first-order valence-electron chi connectivity index (χ1n) is 7.47. The molecule has 23 heavy (non-hydrogen) atoms. The molecule has 2 rings (SSSR count). The molecule has 2 aromatic carbocycles. The number of hydrogen-bond donors (Lipinski definition) is 2. The number of para-hydroxylation sites is 1. The average Bonchev–Trinajstić information content (AvgIpc) is 2.49. The molecule has 0 radical (unpaired) electrons. The van der Waals surface area contributed by atoms with Gasteiger partial charge in [0.2, 0.25) is 0 Å². The molecule has 0 aliphatic heterocycles.